The maximum atomic E-state index is 11.7. The zero-order valence-electron chi connectivity index (χ0n) is 13.8. The van der Waals surface area contributed by atoms with Crippen molar-refractivity contribution in [2.24, 2.45) is 11.8 Å². The summed E-state index contributed by atoms with van der Waals surface area (Å²) in [4.78, 5) is 34.7. The second-order valence-electron chi connectivity index (χ2n) is 5.33. The number of aliphatic carboxylic acids is 1. The van der Waals surface area contributed by atoms with Gasteiger partial charge in [-0.2, -0.15) is 0 Å². The fourth-order valence-electron chi connectivity index (χ4n) is 2.45. The second-order valence-corrected chi connectivity index (χ2v) is 5.33. The van der Waals surface area contributed by atoms with E-state index in [4.69, 9.17) is 18.9 Å². The van der Waals surface area contributed by atoms with E-state index in [1.807, 2.05) is 0 Å². The van der Waals surface area contributed by atoms with Crippen molar-refractivity contribution >= 4 is 17.9 Å². The van der Waals surface area contributed by atoms with E-state index in [0.29, 0.717) is 0 Å². The molecule has 1 N–H and O–H groups in total. The molecular weight excluding hydrogens is 308 g/mol. The molecule has 0 aliphatic carbocycles. The summed E-state index contributed by atoms with van der Waals surface area (Å²) in [5.41, 5.74) is 0. The number of hydrogen-bond donors (Lipinski definition) is 1. The normalized spacial score (nSPS) is 28.7. The minimum atomic E-state index is -1.08. The van der Waals surface area contributed by atoms with Crippen LogP contribution in [0, 0.1) is 11.8 Å². The van der Waals surface area contributed by atoms with E-state index in [9.17, 15) is 19.5 Å². The Morgan fingerprint density at radius 3 is 2.22 bits per heavy atom. The summed E-state index contributed by atoms with van der Waals surface area (Å²) in [5, 5.41) is 9.31. The van der Waals surface area contributed by atoms with Crippen LogP contribution in [0.25, 0.3) is 0 Å². The molecule has 8 heteroatoms. The first kappa shape index (κ1) is 19.4. The van der Waals surface area contributed by atoms with Crippen LogP contribution in [0.2, 0.25) is 0 Å². The molecule has 1 fully saturated rings. The number of carbonyl (C=O) groups is 3. The topological polar surface area (TPSA) is 108 Å². The van der Waals surface area contributed by atoms with Gasteiger partial charge in [0.15, 0.2) is 12.4 Å². The van der Waals surface area contributed by atoms with Crippen molar-refractivity contribution in [1.29, 1.82) is 0 Å². The first-order valence-corrected chi connectivity index (χ1v) is 7.61. The van der Waals surface area contributed by atoms with Gasteiger partial charge in [-0.05, 0) is 0 Å². The average Bonchev–Trinajstić information content (AvgIpc) is 2.54. The number of carboxylic acids is 1. The van der Waals surface area contributed by atoms with Crippen LogP contribution in [0.15, 0.2) is 0 Å². The SMILES string of the molecule is CCC(=O)O[C@H]1[C@@H](C(C)C(=O)O)[C@@H](OC)OC[C@H]1OC(=O)CC. The monoisotopic (exact) mass is 332 g/mol. The fourth-order valence-corrected chi connectivity index (χ4v) is 2.45. The average molecular weight is 332 g/mol. The van der Waals surface area contributed by atoms with Gasteiger partial charge in [-0.3, -0.25) is 14.4 Å². The molecule has 1 aliphatic heterocycles. The van der Waals surface area contributed by atoms with Crippen LogP contribution in [0.5, 0.6) is 0 Å². The van der Waals surface area contributed by atoms with Crippen molar-refractivity contribution in [2.45, 2.75) is 52.1 Å². The van der Waals surface area contributed by atoms with E-state index in [1.165, 1.54) is 14.0 Å². The number of rotatable bonds is 7. The standard InChI is InChI=1S/C15H24O8/c1-5-10(16)22-9-7-21-15(20-4)12(8(3)14(18)19)13(9)23-11(17)6-2/h8-9,12-13,15H,5-7H2,1-4H3,(H,18,19)/t8?,9-,12-,13-,15+/m1/s1. The van der Waals surface area contributed by atoms with Crippen LogP contribution >= 0.6 is 0 Å². The largest absolute Gasteiger partial charge is 0.481 e. The third-order valence-electron chi connectivity index (χ3n) is 3.81. The van der Waals surface area contributed by atoms with Crippen LogP contribution in [-0.2, 0) is 33.3 Å². The summed E-state index contributed by atoms with van der Waals surface area (Å²) >= 11 is 0. The van der Waals surface area contributed by atoms with Crippen LogP contribution < -0.4 is 0 Å². The third-order valence-corrected chi connectivity index (χ3v) is 3.81. The molecular formula is C15H24O8. The molecule has 1 heterocycles. The minimum Gasteiger partial charge on any atom is -0.481 e. The molecule has 0 aromatic heterocycles. The molecule has 0 spiro atoms. The Morgan fingerprint density at radius 2 is 1.74 bits per heavy atom. The predicted molar refractivity (Wildman–Crippen MR) is 77.4 cm³/mol. The van der Waals surface area contributed by atoms with Crippen molar-refractivity contribution in [3.63, 3.8) is 0 Å². The molecule has 1 saturated heterocycles. The molecule has 1 unspecified atom stereocenters. The summed E-state index contributed by atoms with van der Waals surface area (Å²) in [7, 11) is 1.38. The van der Waals surface area contributed by atoms with Crippen LogP contribution in [0.4, 0.5) is 0 Å². The van der Waals surface area contributed by atoms with Crippen LogP contribution in [-0.4, -0.2) is 55.2 Å². The van der Waals surface area contributed by atoms with Crippen molar-refractivity contribution in [3.8, 4) is 0 Å². The predicted octanol–water partition coefficient (Wildman–Crippen LogP) is 0.970. The van der Waals surface area contributed by atoms with Crippen molar-refractivity contribution in [2.75, 3.05) is 13.7 Å². The Morgan fingerprint density at radius 1 is 1.17 bits per heavy atom. The quantitative estimate of drug-likeness (QED) is 0.687. The first-order valence-electron chi connectivity index (χ1n) is 7.61. The van der Waals surface area contributed by atoms with Crippen LogP contribution in [0.3, 0.4) is 0 Å². The third kappa shape index (κ3) is 4.90. The molecule has 0 amide bonds. The van der Waals surface area contributed by atoms with Gasteiger partial charge in [-0.1, -0.05) is 20.8 Å². The second kappa shape index (κ2) is 8.83. The highest BCUT2D eigenvalue weighted by atomic mass is 16.7. The van der Waals surface area contributed by atoms with E-state index in [0.717, 1.165) is 0 Å². The Hall–Kier alpha value is -1.67. The zero-order chi connectivity index (χ0) is 17.6. The smallest absolute Gasteiger partial charge is 0.306 e. The highest BCUT2D eigenvalue weighted by Gasteiger charge is 2.49. The summed E-state index contributed by atoms with van der Waals surface area (Å²) in [6.45, 7) is 4.69. The number of carboxylic acid groups (broad SMARTS) is 1. The molecule has 0 bridgehead atoms. The van der Waals surface area contributed by atoms with E-state index >= 15 is 0 Å². The zero-order valence-corrected chi connectivity index (χ0v) is 13.8. The van der Waals surface area contributed by atoms with Crippen LogP contribution in [0.1, 0.15) is 33.6 Å². The first-order chi connectivity index (χ1) is 10.8. The van der Waals surface area contributed by atoms with Gasteiger partial charge in [-0.15, -0.1) is 0 Å². The molecule has 5 atom stereocenters. The lowest BCUT2D eigenvalue weighted by atomic mass is 9.83. The van der Waals surface area contributed by atoms with Crippen molar-refractivity contribution in [3.05, 3.63) is 0 Å². The summed E-state index contributed by atoms with van der Waals surface area (Å²) in [6, 6.07) is 0. The number of hydrogen-bond acceptors (Lipinski definition) is 7. The van der Waals surface area contributed by atoms with Gasteiger partial charge in [0.05, 0.1) is 18.4 Å². The molecule has 0 radical (unpaired) electrons. The lowest BCUT2D eigenvalue weighted by Crippen LogP contribution is -2.56. The fraction of sp³-hybridized carbons (Fsp3) is 0.800. The van der Waals surface area contributed by atoms with Gasteiger partial charge in [0.1, 0.15) is 6.10 Å². The number of esters is 2. The van der Waals surface area contributed by atoms with E-state index < -0.39 is 48.2 Å². The van der Waals surface area contributed by atoms with Gasteiger partial charge < -0.3 is 24.1 Å². The van der Waals surface area contributed by atoms with Gasteiger partial charge >= 0.3 is 17.9 Å². The number of methoxy groups -OCH3 is 1. The van der Waals surface area contributed by atoms with Crippen molar-refractivity contribution < 1.29 is 38.4 Å². The molecule has 0 aromatic carbocycles. The summed E-state index contributed by atoms with van der Waals surface area (Å²) in [5.74, 6) is -3.78. The lowest BCUT2D eigenvalue weighted by Gasteiger charge is -2.42. The highest BCUT2D eigenvalue weighted by Crippen LogP contribution is 2.33. The molecule has 1 aliphatic rings. The Bertz CT molecular complexity index is 435. The van der Waals surface area contributed by atoms with Gasteiger partial charge in [0.25, 0.3) is 0 Å². The maximum absolute atomic E-state index is 11.7. The molecule has 23 heavy (non-hydrogen) atoms. The van der Waals surface area contributed by atoms with Gasteiger partial charge in [0.2, 0.25) is 0 Å². The Kier molecular flexibility index (Phi) is 7.44. The number of ether oxygens (including phenoxy) is 4. The van der Waals surface area contributed by atoms with Gasteiger partial charge in [0, 0.05) is 20.0 Å². The summed E-state index contributed by atoms with van der Waals surface area (Å²) < 4.78 is 21.3. The maximum Gasteiger partial charge on any atom is 0.306 e. The molecule has 1 rings (SSSR count). The van der Waals surface area contributed by atoms with Gasteiger partial charge in [-0.25, -0.2) is 0 Å². The molecule has 8 nitrogen and oxygen atoms in total. The van der Waals surface area contributed by atoms with E-state index in [1.54, 1.807) is 13.8 Å². The molecule has 0 saturated carbocycles. The number of carbonyl (C=O) groups excluding carboxylic acids is 2. The van der Waals surface area contributed by atoms with E-state index in [-0.39, 0.29) is 19.4 Å². The molecule has 0 aromatic rings. The molecule has 132 valence electrons. The summed E-state index contributed by atoms with van der Waals surface area (Å²) in [6.07, 6.45) is -2.40. The highest BCUT2D eigenvalue weighted by molar-refractivity contribution is 5.72. The Labute approximate surface area is 135 Å². The Balaban J connectivity index is 3.10. The lowest BCUT2D eigenvalue weighted by molar-refractivity contribution is -0.261. The van der Waals surface area contributed by atoms with E-state index in [2.05, 4.69) is 0 Å². The van der Waals surface area contributed by atoms with Crippen molar-refractivity contribution in [1.82, 2.24) is 0 Å². The minimum absolute atomic E-state index is 0.0330.